The molecule has 3 aliphatic rings. The van der Waals surface area contributed by atoms with Crippen LogP contribution in [-0.4, -0.2) is 41.1 Å². The third kappa shape index (κ3) is 2.74. The Morgan fingerprint density at radius 1 is 0.966 bits per heavy atom. The zero-order valence-electron chi connectivity index (χ0n) is 15.4. The zero-order chi connectivity index (χ0) is 20.3. The molecule has 0 aliphatic carbocycles. The van der Waals surface area contributed by atoms with E-state index in [1.807, 2.05) is 4.90 Å². The predicted octanol–water partition coefficient (Wildman–Crippen LogP) is 3.31. The number of hydrogen-bond acceptors (Lipinski definition) is 4. The fourth-order valence-electron chi connectivity index (χ4n) is 5.14. The van der Waals surface area contributed by atoms with Gasteiger partial charge in [0.25, 0.3) is 0 Å². The summed E-state index contributed by atoms with van der Waals surface area (Å²) in [6.07, 6.45) is 1.66. The molecule has 0 N–H and O–H groups in total. The molecule has 4 atom stereocenters. The van der Waals surface area contributed by atoms with Gasteiger partial charge in [-0.2, -0.15) is 0 Å². The number of nitrogens with zero attached hydrogens (tertiary/aromatic N) is 2. The third-order valence-electron chi connectivity index (χ3n) is 6.33. The van der Waals surface area contributed by atoms with Crippen LogP contribution in [0.4, 0.5) is 10.1 Å². The number of amides is 2. The average molecular weight is 413 g/mol. The SMILES string of the molecule is O=C(c1ccc(Cl)cc1)[C@H]1[C@@H]2C(=O)N(c3ccc(F)cc3)C(=O)[C@@H]2[C@H]2CCCN21. The number of ketones is 1. The topological polar surface area (TPSA) is 57.7 Å². The van der Waals surface area contributed by atoms with E-state index >= 15 is 0 Å². The van der Waals surface area contributed by atoms with Gasteiger partial charge in [-0.05, 0) is 67.9 Å². The van der Waals surface area contributed by atoms with Crippen molar-refractivity contribution in [3.63, 3.8) is 0 Å². The number of Topliss-reactive ketones (excluding diaryl/α,β-unsaturated/α-hetero) is 1. The minimum Gasteiger partial charge on any atom is -0.292 e. The minimum absolute atomic E-state index is 0.122. The van der Waals surface area contributed by atoms with Crippen LogP contribution in [-0.2, 0) is 9.59 Å². The van der Waals surface area contributed by atoms with Crippen LogP contribution in [0, 0.1) is 17.7 Å². The Bertz CT molecular complexity index is 1010. The molecular weight excluding hydrogens is 395 g/mol. The van der Waals surface area contributed by atoms with Crippen molar-refractivity contribution in [2.24, 2.45) is 11.8 Å². The lowest BCUT2D eigenvalue weighted by Gasteiger charge is -2.27. The maximum atomic E-state index is 13.4. The van der Waals surface area contributed by atoms with E-state index in [1.165, 1.54) is 24.3 Å². The lowest BCUT2D eigenvalue weighted by molar-refractivity contribution is -0.123. The monoisotopic (exact) mass is 412 g/mol. The van der Waals surface area contributed by atoms with E-state index in [9.17, 15) is 18.8 Å². The van der Waals surface area contributed by atoms with Crippen molar-refractivity contribution >= 4 is 34.9 Å². The first-order chi connectivity index (χ1) is 14.0. The van der Waals surface area contributed by atoms with Gasteiger partial charge in [0.2, 0.25) is 11.8 Å². The number of carbonyl (C=O) groups is 3. The molecule has 2 amide bonds. The van der Waals surface area contributed by atoms with Crippen LogP contribution in [0.15, 0.2) is 48.5 Å². The third-order valence-corrected chi connectivity index (χ3v) is 6.59. The van der Waals surface area contributed by atoms with E-state index in [0.29, 0.717) is 22.8 Å². The number of fused-ring (bicyclic) bond motifs is 3. The first-order valence-electron chi connectivity index (χ1n) is 9.66. The van der Waals surface area contributed by atoms with E-state index in [1.54, 1.807) is 24.3 Å². The second-order valence-electron chi connectivity index (χ2n) is 7.80. The van der Waals surface area contributed by atoms with Gasteiger partial charge in [0.1, 0.15) is 5.82 Å². The standard InChI is InChI=1S/C22H18ClFN2O3/c23-13-5-3-12(4-6-13)20(27)19-18-17(16-2-1-11-25(16)19)21(28)26(22(18)29)15-9-7-14(24)8-10-15/h3-10,16-19H,1-2,11H2/t16-,17-,18-,19-/m1/s1. The van der Waals surface area contributed by atoms with Gasteiger partial charge in [0, 0.05) is 16.6 Å². The molecule has 148 valence electrons. The summed E-state index contributed by atoms with van der Waals surface area (Å²) in [5.74, 6) is -2.55. The number of imide groups is 1. The Balaban J connectivity index is 1.54. The molecule has 3 saturated heterocycles. The number of benzene rings is 2. The second kappa shape index (κ2) is 6.75. The predicted molar refractivity (Wildman–Crippen MR) is 105 cm³/mol. The molecule has 0 unspecified atom stereocenters. The van der Waals surface area contributed by atoms with E-state index in [-0.39, 0.29) is 23.6 Å². The van der Waals surface area contributed by atoms with Crippen molar-refractivity contribution < 1.29 is 18.8 Å². The smallest absolute Gasteiger partial charge is 0.239 e. The van der Waals surface area contributed by atoms with Crippen molar-refractivity contribution in [3.05, 3.63) is 64.9 Å². The summed E-state index contributed by atoms with van der Waals surface area (Å²) < 4.78 is 13.3. The second-order valence-corrected chi connectivity index (χ2v) is 8.24. The average Bonchev–Trinajstić information content (AvgIpc) is 3.35. The zero-order valence-corrected chi connectivity index (χ0v) is 16.2. The molecular formula is C22H18ClFN2O3. The number of carbonyl (C=O) groups excluding carboxylic acids is 3. The highest BCUT2D eigenvalue weighted by Crippen LogP contribution is 2.48. The Morgan fingerprint density at radius 2 is 1.62 bits per heavy atom. The summed E-state index contributed by atoms with van der Waals surface area (Å²) >= 11 is 5.94. The molecule has 0 aromatic heterocycles. The molecule has 5 nitrogen and oxygen atoms in total. The van der Waals surface area contributed by atoms with Crippen LogP contribution in [0.5, 0.6) is 0 Å². The lowest BCUT2D eigenvalue weighted by Crippen LogP contribution is -2.46. The molecule has 5 rings (SSSR count). The van der Waals surface area contributed by atoms with Crippen molar-refractivity contribution in [1.82, 2.24) is 4.90 Å². The first kappa shape index (κ1) is 18.5. The molecule has 7 heteroatoms. The quantitative estimate of drug-likeness (QED) is 0.573. The fraction of sp³-hybridized carbons (Fsp3) is 0.318. The van der Waals surface area contributed by atoms with Gasteiger partial charge in [-0.25, -0.2) is 9.29 Å². The molecule has 0 bridgehead atoms. The van der Waals surface area contributed by atoms with Crippen LogP contribution >= 0.6 is 11.6 Å². The van der Waals surface area contributed by atoms with Crippen molar-refractivity contribution in [3.8, 4) is 0 Å². The number of halogens is 2. The number of anilines is 1. The minimum atomic E-state index is -0.721. The molecule has 3 heterocycles. The van der Waals surface area contributed by atoms with Crippen molar-refractivity contribution in [2.75, 3.05) is 11.4 Å². The Morgan fingerprint density at radius 3 is 2.31 bits per heavy atom. The van der Waals surface area contributed by atoms with Gasteiger partial charge in [0.15, 0.2) is 5.78 Å². The van der Waals surface area contributed by atoms with Gasteiger partial charge < -0.3 is 0 Å². The van der Waals surface area contributed by atoms with E-state index < -0.39 is 23.7 Å². The van der Waals surface area contributed by atoms with Gasteiger partial charge in [0.05, 0.1) is 23.6 Å². The van der Waals surface area contributed by atoms with Crippen LogP contribution in [0.25, 0.3) is 0 Å². The molecule has 2 aromatic rings. The molecule has 0 radical (unpaired) electrons. The van der Waals surface area contributed by atoms with E-state index in [2.05, 4.69) is 0 Å². The highest BCUT2D eigenvalue weighted by atomic mass is 35.5. The largest absolute Gasteiger partial charge is 0.292 e. The normalized spacial score (nSPS) is 28.7. The highest BCUT2D eigenvalue weighted by Gasteiger charge is 2.64. The fourth-order valence-corrected chi connectivity index (χ4v) is 5.27. The molecule has 3 fully saturated rings. The van der Waals surface area contributed by atoms with Crippen LogP contribution < -0.4 is 4.90 Å². The Kier molecular flexibility index (Phi) is 4.29. The number of hydrogen-bond donors (Lipinski definition) is 0. The van der Waals surface area contributed by atoms with Crippen molar-refractivity contribution in [2.45, 2.75) is 24.9 Å². The summed E-state index contributed by atoms with van der Waals surface area (Å²) in [5.41, 5.74) is 0.823. The summed E-state index contributed by atoms with van der Waals surface area (Å²) in [4.78, 5) is 43.1. The van der Waals surface area contributed by atoms with Gasteiger partial charge >= 0.3 is 0 Å². The molecule has 2 aromatic carbocycles. The maximum Gasteiger partial charge on any atom is 0.239 e. The van der Waals surface area contributed by atoms with E-state index in [4.69, 9.17) is 11.6 Å². The van der Waals surface area contributed by atoms with E-state index in [0.717, 1.165) is 17.7 Å². The lowest BCUT2D eigenvalue weighted by atomic mass is 9.85. The summed E-state index contributed by atoms with van der Waals surface area (Å²) in [6, 6.07) is 11.1. The summed E-state index contributed by atoms with van der Waals surface area (Å²) in [6.45, 7) is 0.693. The summed E-state index contributed by atoms with van der Waals surface area (Å²) in [5, 5.41) is 0.527. The van der Waals surface area contributed by atoms with Gasteiger partial charge in [-0.3, -0.25) is 19.3 Å². The molecule has 0 spiro atoms. The highest BCUT2D eigenvalue weighted by molar-refractivity contribution is 6.30. The number of rotatable bonds is 3. The Labute approximate surface area is 172 Å². The van der Waals surface area contributed by atoms with Crippen LogP contribution in [0.3, 0.4) is 0 Å². The van der Waals surface area contributed by atoms with Crippen LogP contribution in [0.2, 0.25) is 5.02 Å². The molecule has 0 saturated carbocycles. The molecule has 29 heavy (non-hydrogen) atoms. The van der Waals surface area contributed by atoms with Crippen molar-refractivity contribution in [1.29, 1.82) is 0 Å². The maximum absolute atomic E-state index is 13.4. The van der Waals surface area contributed by atoms with Crippen LogP contribution in [0.1, 0.15) is 23.2 Å². The first-order valence-corrected chi connectivity index (χ1v) is 10.0. The van der Waals surface area contributed by atoms with Gasteiger partial charge in [-0.15, -0.1) is 0 Å². The molecule has 3 aliphatic heterocycles. The van der Waals surface area contributed by atoms with Gasteiger partial charge in [-0.1, -0.05) is 11.6 Å². The summed E-state index contributed by atoms with van der Waals surface area (Å²) in [7, 11) is 0. The Hall–Kier alpha value is -2.57.